The number of nitrogens with one attached hydrogen (secondary N) is 2. The molecule has 124 valence electrons. The average Bonchev–Trinajstić information content (AvgIpc) is 3.04. The van der Waals surface area contributed by atoms with Crippen LogP contribution in [0.2, 0.25) is 0 Å². The van der Waals surface area contributed by atoms with Gasteiger partial charge in [-0.1, -0.05) is 19.3 Å². The van der Waals surface area contributed by atoms with Gasteiger partial charge in [-0.15, -0.1) is 0 Å². The van der Waals surface area contributed by atoms with Crippen molar-refractivity contribution in [1.29, 1.82) is 0 Å². The van der Waals surface area contributed by atoms with E-state index in [2.05, 4.69) is 51.4 Å². The van der Waals surface area contributed by atoms with Crippen LogP contribution >= 0.6 is 11.3 Å². The molecular weight excluding hydrogens is 292 g/mol. The van der Waals surface area contributed by atoms with Gasteiger partial charge in [0, 0.05) is 26.2 Å². The quantitative estimate of drug-likeness (QED) is 0.625. The average molecular weight is 323 g/mol. The molecule has 1 aliphatic carbocycles. The van der Waals surface area contributed by atoms with Crippen LogP contribution in [0.25, 0.3) is 0 Å². The third kappa shape index (κ3) is 5.29. The van der Waals surface area contributed by atoms with Gasteiger partial charge in [0.05, 0.1) is 0 Å². The summed E-state index contributed by atoms with van der Waals surface area (Å²) in [7, 11) is 6.24. The minimum Gasteiger partial charge on any atom is -0.355 e. The van der Waals surface area contributed by atoms with Crippen LogP contribution in [-0.4, -0.2) is 44.6 Å². The maximum absolute atomic E-state index is 4.34. The van der Waals surface area contributed by atoms with Crippen molar-refractivity contribution in [3.8, 4) is 0 Å². The highest BCUT2D eigenvalue weighted by atomic mass is 32.1. The lowest BCUT2D eigenvalue weighted by Crippen LogP contribution is -2.48. The number of aliphatic imine (C=N–C) groups is 1. The number of hydrogen-bond donors (Lipinski definition) is 2. The fourth-order valence-corrected chi connectivity index (χ4v) is 3.96. The molecule has 0 amide bonds. The monoisotopic (exact) mass is 322 g/mol. The summed E-state index contributed by atoms with van der Waals surface area (Å²) in [6, 6.07) is 2.73. The Morgan fingerprint density at radius 2 is 2.09 bits per heavy atom. The molecule has 4 nitrogen and oxygen atoms in total. The van der Waals surface area contributed by atoms with Crippen LogP contribution in [0, 0.1) is 5.92 Å². The molecule has 0 bridgehead atoms. The SMILES string of the molecule is CN=C(NCc1ccsc1)NCC(C1CCCCC1)N(C)C. The summed E-state index contributed by atoms with van der Waals surface area (Å²) in [4.78, 5) is 6.71. The molecule has 1 heterocycles. The van der Waals surface area contributed by atoms with E-state index >= 15 is 0 Å². The van der Waals surface area contributed by atoms with Gasteiger partial charge in [-0.2, -0.15) is 11.3 Å². The summed E-state index contributed by atoms with van der Waals surface area (Å²) in [5.74, 6) is 1.71. The van der Waals surface area contributed by atoms with Gasteiger partial charge in [0.2, 0.25) is 0 Å². The topological polar surface area (TPSA) is 39.7 Å². The molecule has 0 saturated heterocycles. The molecular formula is C17H30N4S. The van der Waals surface area contributed by atoms with Gasteiger partial charge in [-0.3, -0.25) is 4.99 Å². The lowest BCUT2D eigenvalue weighted by atomic mass is 9.83. The first-order valence-corrected chi connectivity index (χ1v) is 9.27. The normalized spacial score (nSPS) is 18.5. The molecule has 5 heteroatoms. The van der Waals surface area contributed by atoms with Crippen molar-refractivity contribution in [2.24, 2.45) is 10.9 Å². The molecule has 1 fully saturated rings. The van der Waals surface area contributed by atoms with Crippen molar-refractivity contribution in [2.75, 3.05) is 27.7 Å². The van der Waals surface area contributed by atoms with Crippen LogP contribution in [-0.2, 0) is 6.54 Å². The second kappa shape index (κ2) is 9.16. The van der Waals surface area contributed by atoms with Crippen LogP contribution in [0.15, 0.2) is 21.8 Å². The van der Waals surface area contributed by atoms with E-state index in [-0.39, 0.29) is 0 Å². The molecule has 2 rings (SSSR count). The summed E-state index contributed by atoms with van der Waals surface area (Å²) in [5.41, 5.74) is 1.31. The van der Waals surface area contributed by atoms with E-state index in [0.717, 1.165) is 25.0 Å². The fourth-order valence-electron chi connectivity index (χ4n) is 3.29. The Labute approximate surface area is 139 Å². The van der Waals surface area contributed by atoms with Gasteiger partial charge in [0.15, 0.2) is 5.96 Å². The first kappa shape index (κ1) is 17.3. The van der Waals surface area contributed by atoms with E-state index in [1.807, 2.05) is 7.05 Å². The molecule has 0 spiro atoms. The Morgan fingerprint density at radius 1 is 1.32 bits per heavy atom. The Balaban J connectivity index is 1.81. The van der Waals surface area contributed by atoms with E-state index in [9.17, 15) is 0 Å². The summed E-state index contributed by atoms with van der Waals surface area (Å²) >= 11 is 1.73. The Kier molecular flexibility index (Phi) is 7.19. The van der Waals surface area contributed by atoms with E-state index in [0.29, 0.717) is 6.04 Å². The van der Waals surface area contributed by atoms with Gasteiger partial charge in [-0.25, -0.2) is 0 Å². The van der Waals surface area contributed by atoms with Crippen LogP contribution in [0.1, 0.15) is 37.7 Å². The van der Waals surface area contributed by atoms with E-state index in [4.69, 9.17) is 0 Å². The molecule has 0 radical (unpaired) electrons. The second-order valence-electron chi connectivity index (χ2n) is 6.37. The maximum Gasteiger partial charge on any atom is 0.191 e. The van der Waals surface area contributed by atoms with Gasteiger partial charge in [0.1, 0.15) is 0 Å². The zero-order valence-electron chi connectivity index (χ0n) is 14.1. The van der Waals surface area contributed by atoms with Crippen molar-refractivity contribution < 1.29 is 0 Å². The maximum atomic E-state index is 4.34. The van der Waals surface area contributed by atoms with Gasteiger partial charge in [-0.05, 0) is 55.2 Å². The van der Waals surface area contributed by atoms with Gasteiger partial charge < -0.3 is 15.5 Å². The van der Waals surface area contributed by atoms with Gasteiger partial charge >= 0.3 is 0 Å². The van der Waals surface area contributed by atoms with Crippen LogP contribution in [0.4, 0.5) is 0 Å². The number of hydrogen-bond acceptors (Lipinski definition) is 3. The number of rotatable bonds is 6. The summed E-state index contributed by atoms with van der Waals surface area (Å²) in [6.45, 7) is 1.79. The zero-order chi connectivity index (χ0) is 15.8. The highest BCUT2D eigenvalue weighted by molar-refractivity contribution is 7.07. The molecule has 22 heavy (non-hydrogen) atoms. The predicted molar refractivity (Wildman–Crippen MR) is 96.6 cm³/mol. The summed E-state index contributed by atoms with van der Waals surface area (Å²) in [5, 5.41) is 11.2. The lowest BCUT2D eigenvalue weighted by Gasteiger charge is -2.35. The summed E-state index contributed by atoms with van der Waals surface area (Å²) in [6.07, 6.45) is 6.92. The summed E-state index contributed by atoms with van der Waals surface area (Å²) < 4.78 is 0. The number of nitrogens with zero attached hydrogens (tertiary/aromatic N) is 2. The zero-order valence-corrected chi connectivity index (χ0v) is 15.0. The van der Waals surface area contributed by atoms with Crippen LogP contribution < -0.4 is 10.6 Å². The minimum absolute atomic E-state index is 0.583. The van der Waals surface area contributed by atoms with Crippen molar-refractivity contribution in [3.05, 3.63) is 22.4 Å². The second-order valence-corrected chi connectivity index (χ2v) is 7.15. The highest BCUT2D eigenvalue weighted by Crippen LogP contribution is 2.28. The van der Waals surface area contributed by atoms with Gasteiger partial charge in [0.25, 0.3) is 0 Å². The van der Waals surface area contributed by atoms with Crippen LogP contribution in [0.5, 0.6) is 0 Å². The largest absolute Gasteiger partial charge is 0.355 e. The Morgan fingerprint density at radius 3 is 2.68 bits per heavy atom. The molecule has 1 saturated carbocycles. The molecule has 1 atom stereocenters. The fraction of sp³-hybridized carbons (Fsp3) is 0.706. The molecule has 2 N–H and O–H groups in total. The molecule has 1 aromatic heterocycles. The van der Waals surface area contributed by atoms with Crippen molar-refractivity contribution >= 4 is 17.3 Å². The molecule has 1 aliphatic rings. The number of guanidine groups is 1. The smallest absolute Gasteiger partial charge is 0.191 e. The van der Waals surface area contributed by atoms with Crippen LogP contribution in [0.3, 0.4) is 0 Å². The van der Waals surface area contributed by atoms with E-state index < -0.39 is 0 Å². The Hall–Kier alpha value is -1.07. The van der Waals surface area contributed by atoms with Crippen molar-refractivity contribution in [2.45, 2.75) is 44.7 Å². The van der Waals surface area contributed by atoms with Crippen molar-refractivity contribution in [3.63, 3.8) is 0 Å². The number of likely N-dealkylation sites (N-methyl/N-ethyl adjacent to an activating group) is 1. The first-order valence-electron chi connectivity index (χ1n) is 8.32. The molecule has 0 aliphatic heterocycles. The molecule has 0 aromatic carbocycles. The predicted octanol–water partition coefficient (Wildman–Crippen LogP) is 2.92. The highest BCUT2D eigenvalue weighted by Gasteiger charge is 2.25. The minimum atomic E-state index is 0.583. The molecule has 1 aromatic rings. The standard InChI is InChI=1S/C17H30N4S/c1-18-17(19-11-14-9-10-22-13-14)20-12-16(21(2)3)15-7-5-4-6-8-15/h9-10,13,15-16H,4-8,11-12H2,1-3H3,(H2,18,19,20). The first-order chi connectivity index (χ1) is 10.7. The third-order valence-electron chi connectivity index (χ3n) is 4.60. The molecule has 1 unspecified atom stereocenters. The van der Waals surface area contributed by atoms with E-state index in [1.165, 1.54) is 37.7 Å². The van der Waals surface area contributed by atoms with E-state index in [1.54, 1.807) is 11.3 Å². The number of thiophene rings is 1. The lowest BCUT2D eigenvalue weighted by molar-refractivity contribution is 0.171. The third-order valence-corrected chi connectivity index (χ3v) is 5.33. The van der Waals surface area contributed by atoms with Crippen molar-refractivity contribution in [1.82, 2.24) is 15.5 Å². The Bertz CT molecular complexity index is 436.